The lowest BCUT2D eigenvalue weighted by molar-refractivity contribution is 0.627. The molecule has 0 aliphatic heterocycles. The lowest BCUT2D eigenvalue weighted by atomic mass is 10.0. The van der Waals surface area contributed by atoms with Crippen LogP contribution in [0.25, 0.3) is 0 Å². The fourth-order valence-electron chi connectivity index (χ4n) is 1.47. The van der Waals surface area contributed by atoms with E-state index in [4.69, 9.17) is 11.6 Å². The molecule has 0 N–H and O–H groups in total. The van der Waals surface area contributed by atoms with Crippen LogP contribution in [0.15, 0.2) is 30.3 Å². The Balaban J connectivity index is 2.26. The molecule has 0 saturated carbocycles. The fourth-order valence-corrected chi connectivity index (χ4v) is 1.63. The predicted molar refractivity (Wildman–Crippen MR) is 61.0 cm³/mol. The summed E-state index contributed by atoms with van der Waals surface area (Å²) < 4.78 is 12.7. The van der Waals surface area contributed by atoms with Crippen molar-refractivity contribution in [3.63, 3.8) is 0 Å². The Morgan fingerprint density at radius 1 is 1.19 bits per heavy atom. The van der Waals surface area contributed by atoms with Crippen molar-refractivity contribution in [3.8, 4) is 0 Å². The molecule has 0 amide bonds. The van der Waals surface area contributed by atoms with Crippen LogP contribution in [-0.4, -0.2) is 10.2 Å². The molecule has 0 spiro atoms. The third-order valence-electron chi connectivity index (χ3n) is 2.36. The molecule has 0 unspecified atom stereocenters. The summed E-state index contributed by atoms with van der Waals surface area (Å²) in [5.74, 6) is -0.230. The van der Waals surface area contributed by atoms with Crippen LogP contribution in [-0.2, 0) is 6.42 Å². The Hall–Kier alpha value is -1.48. The molecular formula is C12H10ClFN2. The van der Waals surface area contributed by atoms with E-state index in [1.807, 2.05) is 6.92 Å². The lowest BCUT2D eigenvalue weighted by Gasteiger charge is -2.04. The smallest absolute Gasteiger partial charge is 0.152 e. The Morgan fingerprint density at radius 2 is 1.88 bits per heavy atom. The van der Waals surface area contributed by atoms with Crippen molar-refractivity contribution < 1.29 is 4.39 Å². The maximum atomic E-state index is 12.7. The van der Waals surface area contributed by atoms with Crippen molar-refractivity contribution in [1.29, 1.82) is 0 Å². The first-order chi connectivity index (χ1) is 7.65. The molecule has 4 heteroatoms. The largest absolute Gasteiger partial charge is 0.207 e. The van der Waals surface area contributed by atoms with Gasteiger partial charge in [-0.15, -0.1) is 5.10 Å². The van der Waals surface area contributed by atoms with Crippen molar-refractivity contribution in [2.24, 2.45) is 0 Å². The number of benzene rings is 1. The van der Waals surface area contributed by atoms with Crippen molar-refractivity contribution in [1.82, 2.24) is 10.2 Å². The lowest BCUT2D eigenvalue weighted by Crippen LogP contribution is -1.97. The van der Waals surface area contributed by atoms with Gasteiger partial charge in [-0.05, 0) is 42.7 Å². The molecule has 1 aromatic carbocycles. The molecule has 2 nitrogen and oxygen atoms in total. The molecular weight excluding hydrogens is 227 g/mol. The van der Waals surface area contributed by atoms with Gasteiger partial charge in [-0.25, -0.2) is 4.39 Å². The Morgan fingerprint density at radius 3 is 2.56 bits per heavy atom. The normalized spacial score (nSPS) is 10.4. The summed E-state index contributed by atoms with van der Waals surface area (Å²) in [5, 5.41) is 8.06. The van der Waals surface area contributed by atoms with Crippen LogP contribution in [0.4, 0.5) is 4.39 Å². The minimum atomic E-state index is -0.230. The van der Waals surface area contributed by atoms with Crippen molar-refractivity contribution in [2.45, 2.75) is 13.3 Å². The minimum absolute atomic E-state index is 0.230. The third kappa shape index (κ3) is 2.55. The van der Waals surface area contributed by atoms with Gasteiger partial charge in [-0.1, -0.05) is 23.7 Å². The van der Waals surface area contributed by atoms with Gasteiger partial charge in [0.1, 0.15) is 5.82 Å². The molecule has 0 fully saturated rings. The predicted octanol–water partition coefficient (Wildman–Crippen LogP) is 3.17. The standard InChI is InChI=1S/C12H10ClFN2/c1-8-10(7-12(13)16-15-8)6-9-2-4-11(14)5-3-9/h2-5,7H,6H2,1H3. The van der Waals surface area contributed by atoms with Crippen LogP contribution in [0.1, 0.15) is 16.8 Å². The fraction of sp³-hybridized carbons (Fsp3) is 0.167. The van der Waals surface area contributed by atoms with Crippen LogP contribution in [0.5, 0.6) is 0 Å². The van der Waals surface area contributed by atoms with Gasteiger partial charge in [0, 0.05) is 0 Å². The summed E-state index contributed by atoms with van der Waals surface area (Å²) in [4.78, 5) is 0. The van der Waals surface area contributed by atoms with Crippen LogP contribution in [0.3, 0.4) is 0 Å². The van der Waals surface area contributed by atoms with E-state index in [1.165, 1.54) is 12.1 Å². The molecule has 0 bridgehead atoms. The van der Waals surface area contributed by atoms with Gasteiger partial charge in [0.15, 0.2) is 5.15 Å². The van der Waals surface area contributed by atoms with Gasteiger partial charge in [0.05, 0.1) is 5.69 Å². The molecule has 16 heavy (non-hydrogen) atoms. The highest BCUT2D eigenvalue weighted by atomic mass is 35.5. The highest BCUT2D eigenvalue weighted by molar-refractivity contribution is 6.29. The van der Waals surface area contributed by atoms with E-state index in [-0.39, 0.29) is 5.82 Å². The molecule has 0 atom stereocenters. The first kappa shape index (κ1) is 11.0. The van der Waals surface area contributed by atoms with Crippen LogP contribution in [0.2, 0.25) is 5.15 Å². The average Bonchev–Trinajstić information content (AvgIpc) is 2.27. The molecule has 0 aliphatic carbocycles. The second-order valence-electron chi connectivity index (χ2n) is 3.58. The Bertz CT molecular complexity index is 497. The monoisotopic (exact) mass is 236 g/mol. The summed E-state index contributed by atoms with van der Waals surface area (Å²) in [6, 6.07) is 8.18. The van der Waals surface area contributed by atoms with E-state index >= 15 is 0 Å². The maximum Gasteiger partial charge on any atom is 0.152 e. The Kier molecular flexibility index (Phi) is 3.15. The molecule has 0 saturated heterocycles. The highest BCUT2D eigenvalue weighted by Crippen LogP contribution is 2.15. The zero-order valence-corrected chi connectivity index (χ0v) is 9.50. The minimum Gasteiger partial charge on any atom is -0.207 e. The van der Waals surface area contributed by atoms with Gasteiger partial charge in [-0.3, -0.25) is 0 Å². The molecule has 82 valence electrons. The van der Waals surface area contributed by atoms with Gasteiger partial charge in [-0.2, -0.15) is 5.10 Å². The number of aromatic nitrogens is 2. The topological polar surface area (TPSA) is 25.8 Å². The van der Waals surface area contributed by atoms with E-state index < -0.39 is 0 Å². The van der Waals surface area contributed by atoms with Crippen LogP contribution >= 0.6 is 11.6 Å². The van der Waals surface area contributed by atoms with Gasteiger partial charge < -0.3 is 0 Å². The zero-order chi connectivity index (χ0) is 11.5. The Labute approximate surface area is 98.1 Å². The number of hydrogen-bond acceptors (Lipinski definition) is 2. The number of rotatable bonds is 2. The summed E-state index contributed by atoms with van der Waals surface area (Å²) in [5.41, 5.74) is 2.87. The molecule has 2 rings (SSSR count). The van der Waals surface area contributed by atoms with Crippen molar-refractivity contribution in [3.05, 3.63) is 58.1 Å². The number of halogens is 2. The summed E-state index contributed by atoms with van der Waals surface area (Å²) in [7, 11) is 0. The number of aryl methyl sites for hydroxylation is 1. The summed E-state index contributed by atoms with van der Waals surface area (Å²) >= 11 is 5.77. The van der Waals surface area contributed by atoms with E-state index in [2.05, 4.69) is 10.2 Å². The van der Waals surface area contributed by atoms with E-state index in [9.17, 15) is 4.39 Å². The van der Waals surface area contributed by atoms with Gasteiger partial charge >= 0.3 is 0 Å². The first-order valence-corrected chi connectivity index (χ1v) is 5.26. The average molecular weight is 237 g/mol. The van der Waals surface area contributed by atoms with Crippen molar-refractivity contribution >= 4 is 11.6 Å². The maximum absolute atomic E-state index is 12.7. The molecule has 1 heterocycles. The van der Waals surface area contributed by atoms with Gasteiger partial charge in [0.2, 0.25) is 0 Å². The summed E-state index contributed by atoms with van der Waals surface area (Å²) in [6.45, 7) is 1.88. The second kappa shape index (κ2) is 4.58. The van der Waals surface area contributed by atoms with E-state index in [0.29, 0.717) is 11.6 Å². The van der Waals surface area contributed by atoms with Gasteiger partial charge in [0.25, 0.3) is 0 Å². The molecule has 1 aromatic heterocycles. The van der Waals surface area contributed by atoms with Crippen LogP contribution in [0, 0.1) is 12.7 Å². The van der Waals surface area contributed by atoms with E-state index in [1.54, 1.807) is 18.2 Å². The number of hydrogen-bond donors (Lipinski definition) is 0. The van der Waals surface area contributed by atoms with Crippen molar-refractivity contribution in [2.75, 3.05) is 0 Å². The summed E-state index contributed by atoms with van der Waals surface area (Å²) in [6.07, 6.45) is 0.682. The quantitative estimate of drug-likeness (QED) is 0.801. The molecule has 0 radical (unpaired) electrons. The second-order valence-corrected chi connectivity index (χ2v) is 3.97. The highest BCUT2D eigenvalue weighted by Gasteiger charge is 2.03. The SMILES string of the molecule is Cc1nnc(Cl)cc1Cc1ccc(F)cc1. The zero-order valence-electron chi connectivity index (χ0n) is 8.74. The van der Waals surface area contributed by atoms with E-state index in [0.717, 1.165) is 16.8 Å². The molecule has 0 aliphatic rings. The third-order valence-corrected chi connectivity index (χ3v) is 2.55. The van der Waals surface area contributed by atoms with Crippen LogP contribution < -0.4 is 0 Å². The number of nitrogens with zero attached hydrogens (tertiary/aromatic N) is 2. The molecule has 2 aromatic rings. The first-order valence-electron chi connectivity index (χ1n) is 4.88.